The molecule has 1 saturated carbocycles. The Labute approximate surface area is 127 Å². The summed E-state index contributed by atoms with van der Waals surface area (Å²) in [5.74, 6) is 2.22. The second kappa shape index (κ2) is 7.66. The molecule has 1 saturated heterocycles. The fourth-order valence-corrected chi connectivity index (χ4v) is 3.47. The van der Waals surface area contributed by atoms with Crippen molar-refractivity contribution in [3.63, 3.8) is 0 Å². The van der Waals surface area contributed by atoms with Crippen molar-refractivity contribution in [3.8, 4) is 0 Å². The number of likely N-dealkylation sites (N-methyl/N-ethyl adjacent to an activating group) is 1. The number of nitrogens with zero attached hydrogens (tertiary/aromatic N) is 2. The van der Waals surface area contributed by atoms with E-state index in [2.05, 4.69) is 18.2 Å². The summed E-state index contributed by atoms with van der Waals surface area (Å²) in [6.45, 7) is 6.34. The maximum atomic E-state index is 12.4. The molecule has 0 aromatic carbocycles. The Morgan fingerprint density at radius 1 is 1.45 bits per heavy atom. The van der Waals surface area contributed by atoms with Gasteiger partial charge in [-0.15, -0.1) is 0 Å². The molecule has 1 aliphatic carbocycles. The molecule has 0 aromatic heterocycles. The molecule has 2 fully saturated rings. The highest BCUT2D eigenvalue weighted by Gasteiger charge is 2.29. The van der Waals surface area contributed by atoms with E-state index in [-0.39, 0.29) is 17.9 Å². The predicted octanol–water partition coefficient (Wildman–Crippen LogP) is 1.55. The summed E-state index contributed by atoms with van der Waals surface area (Å²) < 4.78 is 5.83. The molecule has 4 nitrogen and oxygen atoms in total. The molecule has 1 amide bonds. The van der Waals surface area contributed by atoms with E-state index in [0.717, 1.165) is 31.3 Å². The van der Waals surface area contributed by atoms with Crippen molar-refractivity contribution in [3.05, 3.63) is 0 Å². The quantitative estimate of drug-likeness (QED) is 0.714. The van der Waals surface area contributed by atoms with E-state index in [1.807, 2.05) is 11.8 Å². The minimum absolute atomic E-state index is 0.118. The number of ether oxygens (including phenoxy) is 1. The summed E-state index contributed by atoms with van der Waals surface area (Å²) >= 11 is 1.74. The van der Waals surface area contributed by atoms with Crippen molar-refractivity contribution in [2.75, 3.05) is 51.8 Å². The second-order valence-electron chi connectivity index (χ2n) is 6.30. The molecular formula is C15H28N2O2S. The van der Waals surface area contributed by atoms with Gasteiger partial charge >= 0.3 is 0 Å². The molecule has 0 N–H and O–H groups in total. The topological polar surface area (TPSA) is 32.8 Å². The molecule has 5 heteroatoms. The monoisotopic (exact) mass is 300 g/mol. The van der Waals surface area contributed by atoms with Crippen LogP contribution >= 0.6 is 11.8 Å². The third-order valence-electron chi connectivity index (χ3n) is 4.07. The molecule has 0 radical (unpaired) electrons. The summed E-state index contributed by atoms with van der Waals surface area (Å²) in [4.78, 5) is 16.7. The van der Waals surface area contributed by atoms with Crippen LogP contribution in [0.4, 0.5) is 0 Å². The highest BCUT2D eigenvalue weighted by atomic mass is 32.2. The number of hydrogen-bond acceptors (Lipinski definition) is 4. The largest absolute Gasteiger partial charge is 0.373 e. The van der Waals surface area contributed by atoms with Gasteiger partial charge in [-0.25, -0.2) is 0 Å². The van der Waals surface area contributed by atoms with Gasteiger partial charge in [-0.3, -0.25) is 4.79 Å². The van der Waals surface area contributed by atoms with Gasteiger partial charge in [0.25, 0.3) is 0 Å². The average Bonchev–Trinajstić information content (AvgIpc) is 3.22. The van der Waals surface area contributed by atoms with Crippen LogP contribution in [0.5, 0.6) is 0 Å². The van der Waals surface area contributed by atoms with Crippen LogP contribution in [0.15, 0.2) is 0 Å². The van der Waals surface area contributed by atoms with Crippen LogP contribution in [0, 0.1) is 11.8 Å². The van der Waals surface area contributed by atoms with E-state index in [4.69, 9.17) is 4.74 Å². The summed E-state index contributed by atoms with van der Waals surface area (Å²) in [6.07, 6.45) is 5.00. The van der Waals surface area contributed by atoms with Gasteiger partial charge in [0.1, 0.15) is 0 Å². The zero-order chi connectivity index (χ0) is 14.5. The van der Waals surface area contributed by atoms with Crippen LogP contribution in [0.3, 0.4) is 0 Å². The minimum Gasteiger partial charge on any atom is -0.373 e. The first-order valence-corrected chi connectivity index (χ1v) is 9.07. The van der Waals surface area contributed by atoms with Crippen molar-refractivity contribution in [1.82, 2.24) is 9.80 Å². The fraction of sp³-hybridized carbons (Fsp3) is 0.933. The lowest BCUT2D eigenvalue weighted by Crippen LogP contribution is -2.50. The van der Waals surface area contributed by atoms with Crippen molar-refractivity contribution in [1.29, 1.82) is 0 Å². The standard InChI is InChI=1S/C15H28N2O2S/c1-12(11-20-3)15(18)17-6-7-19-14(10-17)9-16(2)8-13-4-5-13/h12-14H,4-11H2,1-3H3/t12-,14-/m0/s1. The SMILES string of the molecule is CSC[C@H](C)C(=O)N1CCO[C@@H](CN(C)CC2CC2)C1. The van der Waals surface area contributed by atoms with Gasteiger partial charge in [-0.05, 0) is 32.1 Å². The predicted molar refractivity (Wildman–Crippen MR) is 84.1 cm³/mol. The van der Waals surface area contributed by atoms with Gasteiger partial charge in [-0.1, -0.05) is 6.92 Å². The summed E-state index contributed by atoms with van der Waals surface area (Å²) in [5, 5.41) is 0. The first-order valence-electron chi connectivity index (χ1n) is 7.68. The van der Waals surface area contributed by atoms with Gasteiger partial charge < -0.3 is 14.5 Å². The van der Waals surface area contributed by atoms with Gasteiger partial charge in [0.2, 0.25) is 5.91 Å². The third kappa shape index (κ3) is 4.93. The molecule has 116 valence electrons. The van der Waals surface area contributed by atoms with Gasteiger partial charge in [0.15, 0.2) is 0 Å². The fourth-order valence-electron chi connectivity index (χ4n) is 2.83. The minimum atomic E-state index is 0.118. The van der Waals surface area contributed by atoms with E-state index in [1.54, 1.807) is 11.8 Å². The Balaban J connectivity index is 1.76. The van der Waals surface area contributed by atoms with Crippen molar-refractivity contribution in [2.45, 2.75) is 25.9 Å². The Bertz CT molecular complexity index is 323. The van der Waals surface area contributed by atoms with E-state index in [0.29, 0.717) is 6.61 Å². The van der Waals surface area contributed by atoms with Gasteiger partial charge in [-0.2, -0.15) is 11.8 Å². The number of morpholine rings is 1. The summed E-state index contributed by atoms with van der Waals surface area (Å²) in [6, 6.07) is 0. The molecule has 2 aliphatic rings. The van der Waals surface area contributed by atoms with E-state index >= 15 is 0 Å². The average molecular weight is 300 g/mol. The normalized spacial score (nSPS) is 25.0. The number of carbonyl (C=O) groups excluding carboxylic acids is 1. The molecule has 0 bridgehead atoms. The Kier molecular flexibility index (Phi) is 6.18. The maximum absolute atomic E-state index is 12.4. The highest BCUT2D eigenvalue weighted by Crippen LogP contribution is 2.29. The van der Waals surface area contributed by atoms with Gasteiger partial charge in [0, 0.05) is 37.8 Å². The number of carbonyl (C=O) groups is 1. The number of amides is 1. The maximum Gasteiger partial charge on any atom is 0.226 e. The summed E-state index contributed by atoms with van der Waals surface area (Å²) in [5.41, 5.74) is 0. The lowest BCUT2D eigenvalue weighted by Gasteiger charge is -2.36. The van der Waals surface area contributed by atoms with Crippen LogP contribution in [0.2, 0.25) is 0 Å². The summed E-state index contributed by atoms with van der Waals surface area (Å²) in [7, 11) is 2.17. The van der Waals surface area contributed by atoms with Gasteiger partial charge in [0.05, 0.1) is 12.7 Å². The number of rotatable bonds is 7. The molecule has 0 aromatic rings. The third-order valence-corrected chi connectivity index (χ3v) is 4.90. The molecule has 2 atom stereocenters. The number of thioether (sulfide) groups is 1. The zero-order valence-corrected chi connectivity index (χ0v) is 13.8. The Morgan fingerprint density at radius 2 is 2.20 bits per heavy atom. The highest BCUT2D eigenvalue weighted by molar-refractivity contribution is 7.98. The van der Waals surface area contributed by atoms with Crippen LogP contribution in [0.1, 0.15) is 19.8 Å². The molecular weight excluding hydrogens is 272 g/mol. The second-order valence-corrected chi connectivity index (χ2v) is 7.21. The number of hydrogen-bond donors (Lipinski definition) is 0. The lowest BCUT2D eigenvalue weighted by molar-refractivity contribution is -0.142. The van der Waals surface area contributed by atoms with Crippen molar-refractivity contribution >= 4 is 17.7 Å². The van der Waals surface area contributed by atoms with Crippen molar-refractivity contribution < 1.29 is 9.53 Å². The van der Waals surface area contributed by atoms with Crippen LogP contribution in [-0.4, -0.2) is 73.7 Å². The van der Waals surface area contributed by atoms with Crippen LogP contribution in [0.25, 0.3) is 0 Å². The van der Waals surface area contributed by atoms with Crippen LogP contribution in [-0.2, 0) is 9.53 Å². The lowest BCUT2D eigenvalue weighted by atomic mass is 10.1. The molecule has 0 unspecified atom stereocenters. The Hall–Kier alpha value is -0.260. The van der Waals surface area contributed by atoms with E-state index < -0.39 is 0 Å². The Morgan fingerprint density at radius 3 is 2.85 bits per heavy atom. The first kappa shape index (κ1) is 16.1. The molecule has 0 spiro atoms. The van der Waals surface area contributed by atoms with Crippen molar-refractivity contribution in [2.24, 2.45) is 11.8 Å². The zero-order valence-electron chi connectivity index (χ0n) is 13.0. The van der Waals surface area contributed by atoms with E-state index in [1.165, 1.54) is 19.4 Å². The molecule has 1 heterocycles. The molecule has 20 heavy (non-hydrogen) atoms. The molecule has 1 aliphatic heterocycles. The van der Waals surface area contributed by atoms with Crippen LogP contribution < -0.4 is 0 Å². The smallest absolute Gasteiger partial charge is 0.226 e. The van der Waals surface area contributed by atoms with E-state index in [9.17, 15) is 4.79 Å². The molecule has 2 rings (SSSR count). The first-order chi connectivity index (χ1) is 9.60.